The standard InChI is InChI=1S/C20H17N9/c1-21-13-20(6-16(7-20)22-2)29-11-15(9-25-29)19-18-4-5-23-28(18)12-17(26-19)14-8-24-27(3)10-14/h4-5,8-12,16H,6-7,13H2,3H3. The fourth-order valence-corrected chi connectivity index (χ4v) is 3.98. The van der Waals surface area contributed by atoms with Gasteiger partial charge in [-0.3, -0.25) is 9.36 Å². The minimum atomic E-state index is -0.396. The Balaban J connectivity index is 1.59. The number of fused-ring (bicyclic) bond motifs is 1. The van der Waals surface area contributed by atoms with Crippen molar-refractivity contribution in [3.8, 4) is 22.5 Å². The molecule has 1 aliphatic rings. The van der Waals surface area contributed by atoms with Crippen LogP contribution in [-0.2, 0) is 12.6 Å². The Hall–Kier alpha value is -3.98. The van der Waals surface area contributed by atoms with Gasteiger partial charge < -0.3 is 9.69 Å². The molecular formula is C20H17N9. The minimum absolute atomic E-state index is 0.0297. The molecule has 0 aliphatic heterocycles. The lowest BCUT2D eigenvalue weighted by Crippen LogP contribution is -2.50. The molecule has 9 nitrogen and oxygen atoms in total. The van der Waals surface area contributed by atoms with E-state index >= 15 is 0 Å². The number of hydrogen-bond acceptors (Lipinski definition) is 4. The molecule has 1 fully saturated rings. The molecule has 4 aromatic rings. The summed E-state index contributed by atoms with van der Waals surface area (Å²) in [5, 5.41) is 13.2. The van der Waals surface area contributed by atoms with Crippen molar-refractivity contribution in [2.24, 2.45) is 7.05 Å². The van der Waals surface area contributed by atoms with E-state index in [1.165, 1.54) is 0 Å². The molecule has 0 bridgehead atoms. The number of aryl methyl sites for hydroxylation is 1. The topological polar surface area (TPSA) is 74.5 Å². The zero-order valence-corrected chi connectivity index (χ0v) is 15.8. The van der Waals surface area contributed by atoms with Gasteiger partial charge in [-0.05, 0) is 6.07 Å². The Kier molecular flexibility index (Phi) is 3.71. The van der Waals surface area contributed by atoms with Gasteiger partial charge in [-0.15, -0.1) is 0 Å². The summed E-state index contributed by atoms with van der Waals surface area (Å²) < 4.78 is 5.39. The van der Waals surface area contributed by atoms with Crippen LogP contribution < -0.4 is 0 Å². The minimum Gasteiger partial charge on any atom is -0.314 e. The third kappa shape index (κ3) is 2.67. The second kappa shape index (κ2) is 6.28. The molecule has 1 aliphatic carbocycles. The first-order chi connectivity index (χ1) is 14.1. The highest BCUT2D eigenvalue weighted by Gasteiger charge is 2.53. The Labute approximate surface area is 166 Å². The van der Waals surface area contributed by atoms with E-state index in [1.54, 1.807) is 27.8 Å². The summed E-state index contributed by atoms with van der Waals surface area (Å²) in [6.07, 6.45) is 12.3. The Bertz CT molecular complexity index is 1290. The summed E-state index contributed by atoms with van der Waals surface area (Å²) in [6, 6.07) is 1.89. The fourth-order valence-electron chi connectivity index (χ4n) is 3.98. The molecule has 0 saturated heterocycles. The van der Waals surface area contributed by atoms with Crippen LogP contribution in [0, 0.1) is 13.1 Å². The van der Waals surface area contributed by atoms with Crippen molar-refractivity contribution in [1.29, 1.82) is 0 Å². The van der Waals surface area contributed by atoms with Crippen LogP contribution in [0.4, 0.5) is 0 Å². The van der Waals surface area contributed by atoms with Crippen LogP contribution in [0.25, 0.3) is 37.7 Å². The fraction of sp³-hybridized carbons (Fsp3) is 0.300. The number of aromatic nitrogens is 7. The van der Waals surface area contributed by atoms with Crippen LogP contribution in [0.15, 0.2) is 43.2 Å². The van der Waals surface area contributed by atoms with Crippen molar-refractivity contribution in [2.75, 3.05) is 6.54 Å². The van der Waals surface area contributed by atoms with E-state index in [0.29, 0.717) is 19.4 Å². The van der Waals surface area contributed by atoms with Crippen LogP contribution in [0.1, 0.15) is 12.8 Å². The lowest BCUT2D eigenvalue weighted by atomic mass is 9.73. The first-order valence-corrected chi connectivity index (χ1v) is 9.21. The Morgan fingerprint density at radius 3 is 2.66 bits per heavy atom. The molecule has 0 aromatic carbocycles. The van der Waals surface area contributed by atoms with Crippen molar-refractivity contribution in [2.45, 2.75) is 24.4 Å². The summed E-state index contributed by atoms with van der Waals surface area (Å²) in [4.78, 5) is 12.1. The monoisotopic (exact) mass is 383 g/mol. The number of nitrogens with zero attached hydrogens (tertiary/aromatic N) is 9. The number of rotatable bonds is 4. The van der Waals surface area contributed by atoms with E-state index in [4.69, 9.17) is 18.1 Å². The quantitative estimate of drug-likeness (QED) is 0.508. The maximum absolute atomic E-state index is 7.33. The molecule has 1 saturated carbocycles. The average Bonchev–Trinajstić information content (AvgIpc) is 3.43. The van der Waals surface area contributed by atoms with E-state index in [1.807, 2.05) is 36.4 Å². The zero-order valence-electron chi connectivity index (χ0n) is 15.8. The molecule has 9 heteroatoms. The van der Waals surface area contributed by atoms with E-state index in [-0.39, 0.29) is 6.04 Å². The van der Waals surface area contributed by atoms with Gasteiger partial charge in [-0.1, -0.05) is 0 Å². The second-order valence-electron chi connectivity index (χ2n) is 7.44. The maximum Gasteiger partial charge on any atom is 0.240 e. The first-order valence-electron chi connectivity index (χ1n) is 9.21. The van der Waals surface area contributed by atoms with Gasteiger partial charge in [-0.2, -0.15) is 15.3 Å². The summed E-state index contributed by atoms with van der Waals surface area (Å²) >= 11 is 0. The highest BCUT2D eigenvalue weighted by molar-refractivity contribution is 5.78. The molecule has 29 heavy (non-hydrogen) atoms. The lowest BCUT2D eigenvalue weighted by Gasteiger charge is -2.37. The van der Waals surface area contributed by atoms with Gasteiger partial charge in [-0.25, -0.2) is 22.6 Å². The van der Waals surface area contributed by atoms with Crippen LogP contribution >= 0.6 is 0 Å². The summed E-state index contributed by atoms with van der Waals surface area (Å²) in [5.41, 5.74) is 3.79. The van der Waals surface area contributed by atoms with Gasteiger partial charge in [0.1, 0.15) is 5.54 Å². The molecule has 0 unspecified atom stereocenters. The Morgan fingerprint density at radius 2 is 1.93 bits per heavy atom. The molecule has 0 radical (unpaired) electrons. The van der Waals surface area contributed by atoms with E-state index in [9.17, 15) is 0 Å². The highest BCUT2D eigenvalue weighted by atomic mass is 15.3. The summed E-state index contributed by atoms with van der Waals surface area (Å²) in [5.74, 6) is 0. The normalized spacial score (nSPS) is 20.9. The maximum atomic E-state index is 7.33. The predicted molar refractivity (Wildman–Crippen MR) is 105 cm³/mol. The van der Waals surface area contributed by atoms with Crippen molar-refractivity contribution < 1.29 is 0 Å². The smallest absolute Gasteiger partial charge is 0.240 e. The van der Waals surface area contributed by atoms with Crippen molar-refractivity contribution >= 4 is 5.52 Å². The third-order valence-electron chi connectivity index (χ3n) is 5.52. The lowest BCUT2D eigenvalue weighted by molar-refractivity contribution is 0.135. The van der Waals surface area contributed by atoms with Crippen molar-refractivity contribution in [3.63, 3.8) is 0 Å². The summed E-state index contributed by atoms with van der Waals surface area (Å²) in [7, 11) is 1.87. The van der Waals surface area contributed by atoms with Gasteiger partial charge in [0.25, 0.3) is 0 Å². The molecule has 0 spiro atoms. The van der Waals surface area contributed by atoms with E-state index in [2.05, 4.69) is 25.0 Å². The van der Waals surface area contributed by atoms with E-state index in [0.717, 1.165) is 28.0 Å². The molecule has 4 heterocycles. The third-order valence-corrected chi connectivity index (χ3v) is 5.52. The first kappa shape index (κ1) is 17.1. The second-order valence-corrected chi connectivity index (χ2v) is 7.44. The molecule has 0 atom stereocenters. The van der Waals surface area contributed by atoms with Crippen LogP contribution in [0.5, 0.6) is 0 Å². The van der Waals surface area contributed by atoms with E-state index < -0.39 is 5.54 Å². The Morgan fingerprint density at radius 1 is 1.10 bits per heavy atom. The number of hydrogen-bond donors (Lipinski definition) is 0. The van der Waals surface area contributed by atoms with Gasteiger partial charge in [0, 0.05) is 30.6 Å². The molecular weight excluding hydrogens is 366 g/mol. The van der Waals surface area contributed by atoms with Crippen molar-refractivity contribution in [3.05, 3.63) is 66.1 Å². The van der Waals surface area contributed by atoms with Gasteiger partial charge in [0.05, 0.1) is 54.5 Å². The summed E-state index contributed by atoms with van der Waals surface area (Å²) in [6.45, 7) is 14.9. The van der Waals surface area contributed by atoms with Gasteiger partial charge >= 0.3 is 0 Å². The van der Waals surface area contributed by atoms with Crippen LogP contribution in [-0.4, -0.2) is 46.7 Å². The van der Waals surface area contributed by atoms with Gasteiger partial charge in [0.15, 0.2) is 0 Å². The zero-order chi connectivity index (χ0) is 20.0. The van der Waals surface area contributed by atoms with Crippen molar-refractivity contribution in [1.82, 2.24) is 34.2 Å². The largest absolute Gasteiger partial charge is 0.314 e. The molecule has 4 aromatic heterocycles. The molecule has 142 valence electrons. The predicted octanol–water partition coefficient (Wildman–Crippen LogP) is 2.69. The molecule has 5 rings (SSSR count). The molecule has 0 N–H and O–H groups in total. The highest BCUT2D eigenvalue weighted by Crippen LogP contribution is 2.42. The van der Waals surface area contributed by atoms with Crippen LogP contribution in [0.3, 0.4) is 0 Å². The average molecular weight is 383 g/mol. The molecule has 0 amide bonds. The van der Waals surface area contributed by atoms with Crippen LogP contribution in [0.2, 0.25) is 0 Å². The SMILES string of the molecule is [C-]#[N+]CC1(n2cc(-c3nc(-c4cnn(C)c4)cn4nccc34)cn2)CC([N+]#[C-])C1. The van der Waals surface area contributed by atoms with Gasteiger partial charge in [0.2, 0.25) is 12.6 Å².